The first-order chi connectivity index (χ1) is 28.3. The van der Waals surface area contributed by atoms with Crippen LogP contribution < -0.4 is 19.1 Å². The predicted octanol–water partition coefficient (Wildman–Crippen LogP) is 9.35. The van der Waals surface area contributed by atoms with Crippen molar-refractivity contribution in [3.8, 4) is 11.5 Å². The second-order valence-corrected chi connectivity index (χ2v) is 16.5. The summed E-state index contributed by atoms with van der Waals surface area (Å²) in [5.74, 6) is 1.16. The number of rotatable bonds is 16. The van der Waals surface area contributed by atoms with Crippen molar-refractivity contribution in [2.45, 2.75) is 58.6 Å². The van der Waals surface area contributed by atoms with E-state index in [1.165, 1.54) is 17.7 Å². The molecule has 0 bridgehead atoms. The van der Waals surface area contributed by atoms with Crippen LogP contribution in [0, 0.1) is 12.8 Å². The zero-order chi connectivity index (χ0) is 42.1. The van der Waals surface area contributed by atoms with Crippen LogP contribution in [0.5, 0.6) is 11.5 Å². The Hall–Kier alpha value is -5.53. The summed E-state index contributed by atoms with van der Waals surface area (Å²) < 4.78 is 66.6. The molecule has 4 aromatic rings. The van der Waals surface area contributed by atoms with Gasteiger partial charge in [0.25, 0.3) is 10.1 Å². The zero-order valence-electron chi connectivity index (χ0n) is 34.0. The van der Waals surface area contributed by atoms with E-state index in [0.29, 0.717) is 32.0 Å². The molecule has 0 radical (unpaired) electrons. The summed E-state index contributed by atoms with van der Waals surface area (Å²) in [6.07, 6.45) is 15.4. The Morgan fingerprint density at radius 2 is 1.59 bits per heavy atom. The van der Waals surface area contributed by atoms with Crippen molar-refractivity contribution in [3.05, 3.63) is 167 Å². The van der Waals surface area contributed by atoms with Gasteiger partial charge in [-0.15, -0.1) is 0 Å². The SMILES string of the molecule is CCOc1ccc(NC2C=CC(/C(=C3\C=CC(=[N+](CC)Cc4cccc(S(=O)(=O)O)c4)C=C3C)c3ccc(N(CC)Cc4cccc(OS(=O)O)c4)cc3C)C=C2)cc1. The van der Waals surface area contributed by atoms with Gasteiger partial charge < -0.3 is 19.1 Å². The highest BCUT2D eigenvalue weighted by atomic mass is 32.2. The molecule has 308 valence electrons. The van der Waals surface area contributed by atoms with Crippen molar-refractivity contribution in [3.63, 3.8) is 0 Å². The minimum atomic E-state index is -4.31. The minimum absolute atomic E-state index is 0.00853. The van der Waals surface area contributed by atoms with Gasteiger partial charge in [-0.05, 0) is 135 Å². The van der Waals surface area contributed by atoms with Crippen LogP contribution in [-0.4, -0.2) is 57.8 Å². The van der Waals surface area contributed by atoms with Crippen molar-refractivity contribution in [2.75, 3.05) is 29.9 Å². The maximum atomic E-state index is 11.8. The lowest BCUT2D eigenvalue weighted by atomic mass is 9.80. The monoisotopic (exact) mass is 834 g/mol. The lowest BCUT2D eigenvalue weighted by molar-refractivity contribution is -0.539. The van der Waals surface area contributed by atoms with Crippen LogP contribution in [0.2, 0.25) is 0 Å². The lowest BCUT2D eigenvalue weighted by Gasteiger charge is -2.28. The number of aryl methyl sites for hydroxylation is 1. The van der Waals surface area contributed by atoms with Gasteiger partial charge in [0.05, 0.1) is 17.5 Å². The molecule has 0 fully saturated rings. The number of hydrogen-bond acceptors (Lipinski definition) is 7. The van der Waals surface area contributed by atoms with Crippen molar-refractivity contribution in [1.29, 1.82) is 0 Å². The molecular weight excluding hydrogens is 783 g/mol. The summed E-state index contributed by atoms with van der Waals surface area (Å²) in [5, 5.41) is 3.60. The fourth-order valence-electron chi connectivity index (χ4n) is 7.49. The largest absolute Gasteiger partial charge is 0.494 e. The van der Waals surface area contributed by atoms with Crippen LogP contribution in [0.25, 0.3) is 5.57 Å². The normalized spacial score (nSPS) is 18.5. The first-order valence-corrected chi connectivity index (χ1v) is 22.2. The topological polar surface area (TPSA) is 128 Å². The Labute approximate surface area is 350 Å². The highest BCUT2D eigenvalue weighted by molar-refractivity contribution is 7.85. The molecule has 0 amide bonds. The van der Waals surface area contributed by atoms with E-state index in [1.807, 2.05) is 49.4 Å². The van der Waals surface area contributed by atoms with Gasteiger partial charge >= 0.3 is 11.4 Å². The molecule has 0 saturated heterocycles. The van der Waals surface area contributed by atoms with E-state index in [4.69, 9.17) is 8.92 Å². The molecule has 12 heteroatoms. The molecule has 2 aliphatic rings. The number of nitrogens with one attached hydrogen (secondary N) is 1. The van der Waals surface area contributed by atoms with Crippen molar-refractivity contribution in [1.82, 2.24) is 0 Å². The van der Waals surface area contributed by atoms with Crippen LogP contribution in [0.1, 0.15) is 49.9 Å². The summed E-state index contributed by atoms with van der Waals surface area (Å²) >= 11 is -2.40. The third kappa shape index (κ3) is 11.2. The summed E-state index contributed by atoms with van der Waals surface area (Å²) in [6, 6.07) is 28.2. The second-order valence-electron chi connectivity index (χ2n) is 14.4. The van der Waals surface area contributed by atoms with Crippen LogP contribution in [0.15, 0.2) is 150 Å². The van der Waals surface area contributed by atoms with Gasteiger partial charge in [-0.2, -0.15) is 12.6 Å². The Morgan fingerprint density at radius 3 is 2.24 bits per heavy atom. The van der Waals surface area contributed by atoms with Crippen LogP contribution in [0.4, 0.5) is 11.4 Å². The second kappa shape index (κ2) is 19.5. The van der Waals surface area contributed by atoms with Gasteiger partial charge in [0.1, 0.15) is 18.0 Å². The van der Waals surface area contributed by atoms with E-state index in [-0.39, 0.29) is 16.9 Å². The standard InChI is InChI=1S/C47H51N3O7S2/c1-6-49(31-35-11-9-13-43(29-35)57-58(51)52)40-21-25-45(33(4)27-40)47(37-15-17-38(18-16-37)48-39-19-23-42(24-20-39)56-8-3)46-26-22-41(28-34(46)5)50(7-2)32-36-12-10-14-44(30-36)59(53,54)55/h9-30,37-38,48H,6-8,31-32H2,1-5H3,(H-,51,52,53,54,55)/p+1. The first-order valence-electron chi connectivity index (χ1n) is 19.7. The molecular formula is C47H52N3O7S2+. The minimum Gasteiger partial charge on any atom is -0.494 e. The fourth-order valence-corrected chi connectivity index (χ4v) is 8.31. The number of nitrogens with zero attached hydrogens (tertiary/aromatic N) is 2. The summed E-state index contributed by atoms with van der Waals surface area (Å²) in [5.41, 5.74) is 10.5. The number of anilines is 2. The average Bonchev–Trinajstić information content (AvgIpc) is 3.21. The van der Waals surface area contributed by atoms with E-state index >= 15 is 0 Å². The molecule has 0 aliphatic heterocycles. The fraction of sp³-hybridized carbons (Fsp3) is 0.255. The number of allylic oxidation sites excluding steroid dienone is 8. The molecule has 6 rings (SSSR count). The third-order valence-electron chi connectivity index (χ3n) is 10.4. The number of ether oxygens (including phenoxy) is 1. The van der Waals surface area contributed by atoms with Crippen LogP contribution >= 0.6 is 0 Å². The van der Waals surface area contributed by atoms with Crippen molar-refractivity contribution >= 4 is 44.1 Å². The van der Waals surface area contributed by atoms with E-state index in [0.717, 1.165) is 62.8 Å². The molecule has 0 saturated carbocycles. The zero-order valence-corrected chi connectivity index (χ0v) is 35.7. The molecule has 1 unspecified atom stereocenters. The summed E-state index contributed by atoms with van der Waals surface area (Å²) in [4.78, 5) is 2.14. The van der Waals surface area contributed by atoms with Gasteiger partial charge in [0, 0.05) is 48.1 Å². The van der Waals surface area contributed by atoms with E-state index in [2.05, 4.69) is 103 Å². The smallest absolute Gasteiger partial charge is 0.357 e. The van der Waals surface area contributed by atoms with Crippen LogP contribution in [0.3, 0.4) is 0 Å². The van der Waals surface area contributed by atoms with Gasteiger partial charge in [-0.25, -0.2) is 4.58 Å². The Morgan fingerprint density at radius 1 is 0.864 bits per heavy atom. The molecule has 3 N–H and O–H groups in total. The third-order valence-corrected chi connectivity index (χ3v) is 11.6. The molecule has 2 aliphatic carbocycles. The summed E-state index contributed by atoms with van der Waals surface area (Å²) in [6.45, 7) is 13.5. The van der Waals surface area contributed by atoms with Gasteiger partial charge in [0.15, 0.2) is 12.3 Å². The quantitative estimate of drug-likeness (QED) is 0.0438. The van der Waals surface area contributed by atoms with Gasteiger partial charge in [0.2, 0.25) is 0 Å². The van der Waals surface area contributed by atoms with Crippen LogP contribution in [-0.2, 0) is 34.6 Å². The predicted molar refractivity (Wildman–Crippen MR) is 238 cm³/mol. The number of benzene rings is 4. The van der Waals surface area contributed by atoms with Gasteiger partial charge in [-0.3, -0.25) is 9.11 Å². The maximum absolute atomic E-state index is 11.8. The van der Waals surface area contributed by atoms with E-state index < -0.39 is 21.5 Å². The molecule has 0 spiro atoms. The van der Waals surface area contributed by atoms with Crippen molar-refractivity contribution < 1.29 is 35.2 Å². The number of hydrogen-bond donors (Lipinski definition) is 3. The molecule has 0 aromatic heterocycles. The highest BCUT2D eigenvalue weighted by Crippen LogP contribution is 2.39. The van der Waals surface area contributed by atoms with Crippen molar-refractivity contribution in [2.24, 2.45) is 5.92 Å². The lowest BCUT2D eigenvalue weighted by Crippen LogP contribution is -2.22. The molecule has 59 heavy (non-hydrogen) atoms. The first kappa shape index (κ1) is 43.1. The van der Waals surface area contributed by atoms with E-state index in [1.54, 1.807) is 18.2 Å². The average molecular weight is 835 g/mol. The molecule has 1 atom stereocenters. The molecule has 10 nitrogen and oxygen atoms in total. The molecule has 4 aromatic carbocycles. The molecule has 0 heterocycles. The van der Waals surface area contributed by atoms with E-state index in [9.17, 15) is 21.7 Å². The Balaban J connectivity index is 1.34. The Kier molecular flexibility index (Phi) is 14.2. The van der Waals surface area contributed by atoms with Gasteiger partial charge in [-0.1, -0.05) is 54.6 Å². The maximum Gasteiger partial charge on any atom is 0.357 e. The highest BCUT2D eigenvalue weighted by Gasteiger charge is 2.24. The summed E-state index contributed by atoms with van der Waals surface area (Å²) in [7, 11) is -4.31. The Bertz CT molecular complexity index is 2470.